The molecule has 1 amide bonds. The van der Waals surface area contributed by atoms with E-state index < -0.39 is 0 Å². The van der Waals surface area contributed by atoms with E-state index in [1.54, 1.807) is 12.1 Å². The van der Waals surface area contributed by atoms with E-state index in [0.29, 0.717) is 23.6 Å². The van der Waals surface area contributed by atoms with Crippen molar-refractivity contribution < 1.29 is 4.79 Å². The second-order valence-electron chi connectivity index (χ2n) is 4.53. The van der Waals surface area contributed by atoms with Crippen molar-refractivity contribution in [2.45, 2.75) is 26.7 Å². The summed E-state index contributed by atoms with van der Waals surface area (Å²) in [6.07, 6.45) is 1.37. The zero-order chi connectivity index (χ0) is 13.7. The summed E-state index contributed by atoms with van der Waals surface area (Å²) in [6.45, 7) is 4.18. The van der Waals surface area contributed by atoms with Crippen LogP contribution in [0.1, 0.15) is 32.3 Å². The quantitative estimate of drug-likeness (QED) is 0.814. The molecule has 98 valence electrons. The highest BCUT2D eigenvalue weighted by Crippen LogP contribution is 2.21. The minimum Gasteiger partial charge on any atom is -0.389 e. The molecule has 5 heteroatoms. The van der Waals surface area contributed by atoms with E-state index in [1.165, 1.54) is 0 Å². The number of rotatable bonds is 5. The molecule has 0 atom stereocenters. The minimum absolute atomic E-state index is 0.0106. The predicted octanol–water partition coefficient (Wildman–Crippen LogP) is 3.46. The van der Waals surface area contributed by atoms with Crippen LogP contribution in [0.2, 0.25) is 0 Å². The molecule has 0 saturated heterocycles. The molecule has 3 nitrogen and oxygen atoms in total. The molecule has 0 aliphatic rings. The Morgan fingerprint density at radius 3 is 2.72 bits per heavy atom. The average Bonchev–Trinajstić information content (AvgIpc) is 2.28. The van der Waals surface area contributed by atoms with Crippen LogP contribution in [0.5, 0.6) is 0 Å². The van der Waals surface area contributed by atoms with Crippen LogP contribution in [0.15, 0.2) is 22.7 Å². The fourth-order valence-electron chi connectivity index (χ4n) is 1.46. The molecule has 1 aromatic carbocycles. The molecular formula is C13H17BrN2OS. The molecule has 0 aliphatic carbocycles. The van der Waals surface area contributed by atoms with Gasteiger partial charge in [-0.25, -0.2) is 0 Å². The van der Waals surface area contributed by atoms with Crippen LogP contribution in [0.4, 0.5) is 5.69 Å². The Balaban J connectivity index is 2.78. The zero-order valence-corrected chi connectivity index (χ0v) is 12.9. The molecule has 18 heavy (non-hydrogen) atoms. The Kier molecular flexibility index (Phi) is 5.75. The summed E-state index contributed by atoms with van der Waals surface area (Å²) in [5.41, 5.74) is 6.98. The molecule has 0 radical (unpaired) electrons. The summed E-state index contributed by atoms with van der Waals surface area (Å²) in [5.74, 6) is 0.499. The molecule has 1 rings (SSSR count). The Hall–Kier alpha value is -0.940. The zero-order valence-electron chi connectivity index (χ0n) is 10.5. The van der Waals surface area contributed by atoms with E-state index in [9.17, 15) is 4.79 Å². The van der Waals surface area contributed by atoms with Gasteiger partial charge in [0.2, 0.25) is 5.91 Å². The molecule has 0 saturated carbocycles. The first kappa shape index (κ1) is 15.1. The molecule has 0 aliphatic heterocycles. The second kappa shape index (κ2) is 6.85. The first-order chi connectivity index (χ1) is 8.40. The van der Waals surface area contributed by atoms with Gasteiger partial charge in [-0.05, 0) is 30.5 Å². The second-order valence-corrected chi connectivity index (χ2v) is 5.89. The summed E-state index contributed by atoms with van der Waals surface area (Å²) < 4.78 is 0.880. The monoisotopic (exact) mass is 328 g/mol. The van der Waals surface area contributed by atoms with E-state index in [-0.39, 0.29) is 10.9 Å². The van der Waals surface area contributed by atoms with Crippen LogP contribution < -0.4 is 11.1 Å². The first-order valence-corrected chi connectivity index (χ1v) is 6.99. The van der Waals surface area contributed by atoms with Crippen molar-refractivity contribution in [3.63, 3.8) is 0 Å². The van der Waals surface area contributed by atoms with Crippen molar-refractivity contribution in [1.29, 1.82) is 0 Å². The highest BCUT2D eigenvalue weighted by molar-refractivity contribution is 9.10. The predicted molar refractivity (Wildman–Crippen MR) is 82.7 cm³/mol. The van der Waals surface area contributed by atoms with Gasteiger partial charge in [-0.3, -0.25) is 4.79 Å². The normalized spacial score (nSPS) is 10.4. The maximum Gasteiger partial charge on any atom is 0.224 e. The minimum atomic E-state index is -0.0106. The Labute approximate surface area is 121 Å². The van der Waals surface area contributed by atoms with Crippen LogP contribution in [0, 0.1) is 5.92 Å². The lowest BCUT2D eigenvalue weighted by Gasteiger charge is -2.11. The number of nitrogens with one attached hydrogen (secondary N) is 1. The number of anilines is 1. The number of amides is 1. The SMILES string of the molecule is CC(C)CCC(=O)Nc1ccc(Br)cc1C(N)=S. The van der Waals surface area contributed by atoms with Gasteiger partial charge in [0, 0.05) is 16.5 Å². The van der Waals surface area contributed by atoms with Crippen LogP contribution in [0.3, 0.4) is 0 Å². The van der Waals surface area contributed by atoms with Crippen LogP contribution >= 0.6 is 28.1 Å². The number of benzene rings is 1. The molecule has 0 heterocycles. The first-order valence-electron chi connectivity index (χ1n) is 5.79. The average molecular weight is 329 g/mol. The lowest BCUT2D eigenvalue weighted by atomic mass is 10.1. The number of carbonyl (C=O) groups is 1. The van der Waals surface area contributed by atoms with Crippen LogP contribution in [0.25, 0.3) is 0 Å². The van der Waals surface area contributed by atoms with Gasteiger partial charge in [0.25, 0.3) is 0 Å². The van der Waals surface area contributed by atoms with E-state index in [1.807, 2.05) is 6.07 Å². The highest BCUT2D eigenvalue weighted by atomic mass is 79.9. The molecule has 0 aromatic heterocycles. The van der Waals surface area contributed by atoms with Gasteiger partial charge in [0.05, 0.1) is 5.69 Å². The number of nitrogens with two attached hydrogens (primary N) is 1. The van der Waals surface area contributed by atoms with Gasteiger partial charge in [0.1, 0.15) is 4.99 Å². The third kappa shape index (κ3) is 4.74. The number of carbonyl (C=O) groups excluding carboxylic acids is 1. The number of hydrogen-bond donors (Lipinski definition) is 2. The summed E-state index contributed by atoms with van der Waals surface area (Å²) >= 11 is 8.33. The summed E-state index contributed by atoms with van der Waals surface area (Å²) in [6, 6.07) is 5.45. The van der Waals surface area contributed by atoms with E-state index in [0.717, 1.165) is 10.9 Å². The van der Waals surface area contributed by atoms with Gasteiger partial charge in [-0.1, -0.05) is 42.0 Å². The third-order valence-electron chi connectivity index (χ3n) is 2.47. The van der Waals surface area contributed by atoms with Gasteiger partial charge in [-0.2, -0.15) is 0 Å². The fourth-order valence-corrected chi connectivity index (χ4v) is 1.99. The standard InChI is InChI=1S/C13H17BrN2OS/c1-8(2)3-6-12(17)16-11-5-4-9(14)7-10(11)13(15)18/h4-5,7-8H,3,6H2,1-2H3,(H2,15,18)(H,16,17). The van der Waals surface area contributed by atoms with Crippen LogP contribution in [-0.2, 0) is 4.79 Å². The summed E-state index contributed by atoms with van der Waals surface area (Å²) in [5, 5.41) is 2.85. The highest BCUT2D eigenvalue weighted by Gasteiger charge is 2.10. The molecule has 0 bridgehead atoms. The van der Waals surface area contributed by atoms with E-state index in [4.69, 9.17) is 18.0 Å². The topological polar surface area (TPSA) is 55.1 Å². The number of thiocarbonyl (C=S) groups is 1. The van der Waals surface area contributed by atoms with Crippen molar-refractivity contribution >= 4 is 44.7 Å². The Bertz CT molecular complexity index is 460. The fraction of sp³-hybridized carbons (Fsp3) is 0.385. The van der Waals surface area contributed by atoms with Gasteiger partial charge >= 0.3 is 0 Å². The largest absolute Gasteiger partial charge is 0.389 e. The molecule has 0 fully saturated rings. The van der Waals surface area contributed by atoms with Crippen molar-refractivity contribution in [2.75, 3.05) is 5.32 Å². The van der Waals surface area contributed by atoms with Crippen LogP contribution in [-0.4, -0.2) is 10.9 Å². The molecule has 1 aromatic rings. The summed E-state index contributed by atoms with van der Waals surface area (Å²) in [4.78, 5) is 12.0. The van der Waals surface area contributed by atoms with E-state index >= 15 is 0 Å². The Morgan fingerprint density at radius 1 is 1.50 bits per heavy atom. The van der Waals surface area contributed by atoms with Gasteiger partial charge in [-0.15, -0.1) is 0 Å². The van der Waals surface area contributed by atoms with Crippen molar-refractivity contribution in [3.05, 3.63) is 28.2 Å². The van der Waals surface area contributed by atoms with Crippen molar-refractivity contribution in [3.8, 4) is 0 Å². The number of hydrogen-bond acceptors (Lipinski definition) is 2. The molecule has 3 N–H and O–H groups in total. The van der Waals surface area contributed by atoms with Gasteiger partial charge in [0.15, 0.2) is 0 Å². The maximum atomic E-state index is 11.8. The third-order valence-corrected chi connectivity index (χ3v) is 3.18. The van der Waals surface area contributed by atoms with Crippen molar-refractivity contribution in [1.82, 2.24) is 0 Å². The molecule has 0 unspecified atom stereocenters. The number of halogens is 1. The molecular weight excluding hydrogens is 312 g/mol. The summed E-state index contributed by atoms with van der Waals surface area (Å²) in [7, 11) is 0. The van der Waals surface area contributed by atoms with Crippen molar-refractivity contribution in [2.24, 2.45) is 11.7 Å². The maximum absolute atomic E-state index is 11.8. The molecule has 0 spiro atoms. The Morgan fingerprint density at radius 2 is 2.17 bits per heavy atom. The smallest absolute Gasteiger partial charge is 0.224 e. The van der Waals surface area contributed by atoms with E-state index in [2.05, 4.69) is 35.1 Å². The lowest BCUT2D eigenvalue weighted by molar-refractivity contribution is -0.116. The van der Waals surface area contributed by atoms with Gasteiger partial charge < -0.3 is 11.1 Å². The lowest BCUT2D eigenvalue weighted by Crippen LogP contribution is -2.17.